The number of ether oxygens (including phenoxy) is 1. The molecule has 1 saturated heterocycles. The molecule has 2 heterocycles. The number of hydrogen-bond acceptors (Lipinski definition) is 4. The van der Waals surface area contributed by atoms with Crippen LogP contribution in [0.3, 0.4) is 0 Å². The van der Waals surface area contributed by atoms with E-state index >= 15 is 0 Å². The van der Waals surface area contributed by atoms with Crippen LogP contribution < -0.4 is 4.90 Å². The molecule has 0 unspecified atom stereocenters. The molecule has 5 nitrogen and oxygen atoms in total. The van der Waals surface area contributed by atoms with Crippen molar-refractivity contribution < 1.29 is 14.7 Å². The average Bonchev–Trinajstić information content (AvgIpc) is 2.57. The summed E-state index contributed by atoms with van der Waals surface area (Å²) in [5.74, 6) is 0.887. The number of hydrogen-bond donors (Lipinski definition) is 1. The molecule has 1 aromatic carbocycles. The van der Waals surface area contributed by atoms with Crippen LogP contribution in [0, 0.1) is 0 Å². The van der Waals surface area contributed by atoms with Crippen molar-refractivity contribution in [2.75, 3.05) is 31.2 Å². The fourth-order valence-corrected chi connectivity index (χ4v) is 2.53. The molecule has 114 valence electrons. The lowest BCUT2D eigenvalue weighted by atomic mass is 10.2. The van der Waals surface area contributed by atoms with Gasteiger partial charge >= 0.3 is 0 Å². The predicted molar refractivity (Wildman–Crippen MR) is 84.6 cm³/mol. The Morgan fingerprint density at radius 3 is 2.68 bits per heavy atom. The number of nitrogens with zero attached hydrogens (tertiary/aromatic N) is 3. The lowest BCUT2D eigenvalue weighted by molar-refractivity contribution is -0.783. The zero-order valence-electron chi connectivity index (χ0n) is 12.4. The highest BCUT2D eigenvalue weighted by Crippen LogP contribution is 2.16. The molecule has 1 N–H and O–H groups in total. The van der Waals surface area contributed by atoms with Crippen LogP contribution in [0.5, 0.6) is 0 Å². The zero-order valence-corrected chi connectivity index (χ0v) is 12.4. The van der Waals surface area contributed by atoms with Gasteiger partial charge in [-0.3, -0.25) is 5.21 Å². The van der Waals surface area contributed by atoms with E-state index in [-0.39, 0.29) is 0 Å². The van der Waals surface area contributed by atoms with Crippen molar-refractivity contribution in [1.82, 2.24) is 4.98 Å². The molecule has 0 bridgehead atoms. The maximum atomic E-state index is 10.2. The van der Waals surface area contributed by atoms with Gasteiger partial charge in [0.2, 0.25) is 12.8 Å². The summed E-state index contributed by atoms with van der Waals surface area (Å²) < 4.78 is 6.59. The number of aromatic nitrogens is 1. The molecule has 1 fully saturated rings. The highest BCUT2D eigenvalue weighted by atomic mass is 16.5. The van der Waals surface area contributed by atoms with E-state index < -0.39 is 0 Å². The Morgan fingerprint density at radius 1 is 1.14 bits per heavy atom. The maximum Gasteiger partial charge on any atom is 0.226 e. The van der Waals surface area contributed by atoms with Crippen molar-refractivity contribution in [3.8, 4) is 0 Å². The standard InChI is InChI=1S/C17H20N3O2/c21-20(13-15-5-2-1-3-6-15)14-16-7-4-8-18-17(16)19-9-11-22-12-10-19/h1-8,14,21H,9-13H2/q+1. The van der Waals surface area contributed by atoms with E-state index in [4.69, 9.17) is 4.74 Å². The van der Waals surface area contributed by atoms with Crippen LogP contribution in [0.15, 0.2) is 48.7 Å². The summed E-state index contributed by atoms with van der Waals surface area (Å²) in [4.78, 5) is 6.65. The predicted octanol–water partition coefficient (Wildman–Crippen LogP) is 1.94. The van der Waals surface area contributed by atoms with Gasteiger partial charge in [-0.25, -0.2) is 4.98 Å². The van der Waals surface area contributed by atoms with E-state index in [0.717, 1.165) is 30.0 Å². The van der Waals surface area contributed by atoms with E-state index in [0.29, 0.717) is 19.8 Å². The Labute approximate surface area is 130 Å². The smallest absolute Gasteiger partial charge is 0.226 e. The van der Waals surface area contributed by atoms with Crippen molar-refractivity contribution in [2.45, 2.75) is 6.54 Å². The molecule has 0 atom stereocenters. The van der Waals surface area contributed by atoms with Crippen molar-refractivity contribution >= 4 is 12.0 Å². The molecule has 1 aliphatic rings. The third-order valence-electron chi connectivity index (χ3n) is 3.60. The molecule has 2 aromatic rings. The molecule has 1 aromatic heterocycles. The molecule has 0 radical (unpaired) electrons. The summed E-state index contributed by atoms with van der Waals surface area (Å²) >= 11 is 0. The fraction of sp³-hybridized carbons (Fsp3) is 0.294. The first kappa shape index (κ1) is 14.5. The quantitative estimate of drug-likeness (QED) is 0.406. The van der Waals surface area contributed by atoms with Gasteiger partial charge in [0.05, 0.1) is 18.8 Å². The Morgan fingerprint density at radius 2 is 1.91 bits per heavy atom. The summed E-state index contributed by atoms with van der Waals surface area (Å²) in [5.41, 5.74) is 1.96. The monoisotopic (exact) mass is 298 g/mol. The maximum absolute atomic E-state index is 10.2. The van der Waals surface area contributed by atoms with E-state index in [1.165, 1.54) is 4.74 Å². The van der Waals surface area contributed by atoms with Crippen LogP contribution in [0.1, 0.15) is 11.1 Å². The van der Waals surface area contributed by atoms with Crippen molar-refractivity contribution in [2.24, 2.45) is 0 Å². The average molecular weight is 298 g/mol. The normalized spacial score (nSPS) is 15.8. The van der Waals surface area contributed by atoms with E-state index in [1.54, 1.807) is 12.4 Å². The number of pyridine rings is 1. The first-order valence-electron chi connectivity index (χ1n) is 7.45. The minimum absolute atomic E-state index is 0.443. The molecule has 5 heteroatoms. The van der Waals surface area contributed by atoms with Crippen LogP contribution in [0.25, 0.3) is 0 Å². The third kappa shape index (κ3) is 3.62. The lowest BCUT2D eigenvalue weighted by Crippen LogP contribution is -2.37. The summed E-state index contributed by atoms with van der Waals surface area (Å²) in [6, 6.07) is 13.7. The molecular formula is C17H20N3O2+. The lowest BCUT2D eigenvalue weighted by Gasteiger charge is -2.28. The van der Waals surface area contributed by atoms with Crippen LogP contribution in [0.4, 0.5) is 5.82 Å². The van der Waals surface area contributed by atoms with Crippen LogP contribution in [0.2, 0.25) is 0 Å². The van der Waals surface area contributed by atoms with Gasteiger partial charge < -0.3 is 9.64 Å². The molecule has 0 saturated carbocycles. The Kier molecular flexibility index (Phi) is 4.65. The highest BCUT2D eigenvalue weighted by Gasteiger charge is 2.17. The number of rotatable bonds is 4. The summed E-state index contributed by atoms with van der Waals surface area (Å²) in [6.07, 6.45) is 3.51. The van der Waals surface area contributed by atoms with Gasteiger partial charge in [-0.05, 0) is 16.9 Å². The minimum Gasteiger partial charge on any atom is -0.378 e. The number of benzene rings is 1. The number of anilines is 1. The third-order valence-corrected chi connectivity index (χ3v) is 3.60. The SMILES string of the molecule is O[N+](=Cc1cccnc1N1CCOCC1)Cc1ccccc1. The second-order valence-corrected chi connectivity index (χ2v) is 5.23. The molecule has 1 aliphatic heterocycles. The van der Waals surface area contributed by atoms with Crippen LogP contribution in [-0.4, -0.2) is 47.4 Å². The molecule has 0 amide bonds. The molecular weight excluding hydrogens is 278 g/mol. The van der Waals surface area contributed by atoms with Gasteiger partial charge in [0.25, 0.3) is 0 Å². The number of hydroxylamine groups is 1. The molecule has 0 aliphatic carbocycles. The Bertz CT molecular complexity index is 637. The van der Waals surface area contributed by atoms with Gasteiger partial charge in [-0.1, -0.05) is 30.3 Å². The van der Waals surface area contributed by atoms with Crippen molar-refractivity contribution in [3.63, 3.8) is 0 Å². The van der Waals surface area contributed by atoms with E-state index in [2.05, 4.69) is 9.88 Å². The van der Waals surface area contributed by atoms with Gasteiger partial charge in [-0.2, -0.15) is 0 Å². The largest absolute Gasteiger partial charge is 0.378 e. The second-order valence-electron chi connectivity index (χ2n) is 5.23. The topological polar surface area (TPSA) is 48.6 Å². The van der Waals surface area contributed by atoms with E-state index in [1.807, 2.05) is 42.5 Å². The molecule has 0 spiro atoms. The van der Waals surface area contributed by atoms with Crippen molar-refractivity contribution in [1.29, 1.82) is 0 Å². The summed E-state index contributed by atoms with van der Waals surface area (Å²) in [6.45, 7) is 3.51. The van der Waals surface area contributed by atoms with Gasteiger partial charge in [0, 0.05) is 24.8 Å². The van der Waals surface area contributed by atoms with Crippen LogP contribution >= 0.6 is 0 Å². The van der Waals surface area contributed by atoms with Crippen LogP contribution in [-0.2, 0) is 11.3 Å². The first-order chi connectivity index (χ1) is 10.8. The Hall–Kier alpha value is -2.40. The highest BCUT2D eigenvalue weighted by molar-refractivity contribution is 5.83. The van der Waals surface area contributed by atoms with Gasteiger partial charge in [0.15, 0.2) is 0 Å². The minimum atomic E-state index is 0.443. The molecule has 3 rings (SSSR count). The van der Waals surface area contributed by atoms with Crippen molar-refractivity contribution in [3.05, 3.63) is 59.8 Å². The van der Waals surface area contributed by atoms with Gasteiger partial charge in [-0.15, -0.1) is 0 Å². The summed E-state index contributed by atoms with van der Waals surface area (Å²) in [7, 11) is 0. The first-order valence-corrected chi connectivity index (χ1v) is 7.45. The Balaban J connectivity index is 1.80. The zero-order chi connectivity index (χ0) is 15.2. The number of morpholine rings is 1. The fourth-order valence-electron chi connectivity index (χ4n) is 2.53. The molecule has 22 heavy (non-hydrogen) atoms. The summed E-state index contributed by atoms with van der Waals surface area (Å²) in [5, 5.41) is 10.2. The second kappa shape index (κ2) is 7.04. The van der Waals surface area contributed by atoms with Gasteiger partial charge in [0.1, 0.15) is 5.82 Å². The van der Waals surface area contributed by atoms with E-state index in [9.17, 15) is 5.21 Å².